The molecule has 0 rings (SSSR count). The van der Waals surface area contributed by atoms with Crippen LogP contribution in [0.1, 0.15) is 48.5 Å². The fraction of sp³-hybridized carbons (Fsp3) is 0.812. The van der Waals surface area contributed by atoms with Gasteiger partial charge in [0.05, 0.1) is 0 Å². The molecule has 0 heterocycles. The van der Waals surface area contributed by atoms with Gasteiger partial charge in [-0.3, -0.25) is 4.79 Å². The number of nitrogens with zero attached hydrogens (tertiary/aromatic N) is 1. The lowest BCUT2D eigenvalue weighted by Gasteiger charge is -2.20. The number of ether oxygens (including phenoxy) is 1. The molecule has 24 heavy (non-hydrogen) atoms. The minimum atomic E-state index is -0.520. The zero-order chi connectivity index (χ0) is 18.8. The first-order chi connectivity index (χ1) is 10.9. The van der Waals surface area contributed by atoms with E-state index in [0.29, 0.717) is 25.6 Å². The number of aliphatic imine (C=N–C) groups is 1. The molecule has 0 aliphatic rings. The predicted octanol–water partition coefficient (Wildman–Crippen LogP) is 0.981. The van der Waals surface area contributed by atoms with Crippen molar-refractivity contribution in [3.63, 3.8) is 0 Å². The highest BCUT2D eigenvalue weighted by atomic mass is 16.6. The van der Waals surface area contributed by atoms with E-state index in [9.17, 15) is 9.59 Å². The summed E-state index contributed by atoms with van der Waals surface area (Å²) in [5, 5.41) is 11.6. The van der Waals surface area contributed by atoms with Crippen molar-refractivity contribution in [2.75, 3.05) is 26.2 Å². The van der Waals surface area contributed by atoms with Gasteiger partial charge >= 0.3 is 6.09 Å². The van der Waals surface area contributed by atoms with Crippen LogP contribution in [0, 0.1) is 0 Å². The SMILES string of the molecule is CCNC(=NCC(=O)NC(C)(C)C)NCCNC(=O)OC(C)(C)C. The molecule has 8 nitrogen and oxygen atoms in total. The molecule has 0 atom stereocenters. The van der Waals surface area contributed by atoms with Crippen LogP contribution in [-0.4, -0.2) is 55.3 Å². The normalized spacial score (nSPS) is 12.4. The van der Waals surface area contributed by atoms with E-state index in [2.05, 4.69) is 26.3 Å². The summed E-state index contributed by atoms with van der Waals surface area (Å²) in [6.07, 6.45) is -0.462. The van der Waals surface area contributed by atoms with Crippen molar-refractivity contribution in [3.8, 4) is 0 Å². The molecule has 2 amide bonds. The van der Waals surface area contributed by atoms with Gasteiger partial charge < -0.3 is 26.0 Å². The molecule has 0 radical (unpaired) electrons. The van der Waals surface area contributed by atoms with Crippen molar-refractivity contribution in [2.24, 2.45) is 4.99 Å². The molecule has 0 aliphatic carbocycles. The average molecular weight is 343 g/mol. The van der Waals surface area contributed by atoms with E-state index < -0.39 is 11.7 Å². The third kappa shape index (κ3) is 13.7. The van der Waals surface area contributed by atoms with Gasteiger partial charge in [0.1, 0.15) is 12.1 Å². The predicted molar refractivity (Wildman–Crippen MR) is 96.1 cm³/mol. The van der Waals surface area contributed by atoms with Gasteiger partial charge in [-0.25, -0.2) is 9.79 Å². The highest BCUT2D eigenvalue weighted by molar-refractivity contribution is 5.85. The highest BCUT2D eigenvalue weighted by Gasteiger charge is 2.15. The second-order valence-corrected chi connectivity index (χ2v) is 7.35. The lowest BCUT2D eigenvalue weighted by molar-refractivity contribution is -0.121. The van der Waals surface area contributed by atoms with Crippen molar-refractivity contribution < 1.29 is 14.3 Å². The third-order valence-electron chi connectivity index (χ3n) is 2.33. The fourth-order valence-corrected chi connectivity index (χ4v) is 1.61. The van der Waals surface area contributed by atoms with Crippen molar-refractivity contribution in [1.82, 2.24) is 21.3 Å². The number of carbonyl (C=O) groups excluding carboxylic acids is 2. The quantitative estimate of drug-likeness (QED) is 0.327. The maximum atomic E-state index is 11.8. The van der Waals surface area contributed by atoms with E-state index >= 15 is 0 Å². The van der Waals surface area contributed by atoms with E-state index in [4.69, 9.17) is 4.74 Å². The smallest absolute Gasteiger partial charge is 0.407 e. The molecule has 0 aliphatic heterocycles. The second-order valence-electron chi connectivity index (χ2n) is 7.35. The first-order valence-corrected chi connectivity index (χ1v) is 8.23. The van der Waals surface area contributed by atoms with Crippen molar-refractivity contribution >= 4 is 18.0 Å². The molecule has 4 N–H and O–H groups in total. The van der Waals surface area contributed by atoms with Crippen LogP contribution in [0.25, 0.3) is 0 Å². The fourth-order valence-electron chi connectivity index (χ4n) is 1.61. The number of guanidine groups is 1. The van der Waals surface area contributed by atoms with Gasteiger partial charge in [-0.2, -0.15) is 0 Å². The molecule has 0 saturated heterocycles. The van der Waals surface area contributed by atoms with Crippen molar-refractivity contribution in [3.05, 3.63) is 0 Å². The lowest BCUT2D eigenvalue weighted by Crippen LogP contribution is -2.44. The van der Waals surface area contributed by atoms with Gasteiger partial charge in [0.15, 0.2) is 5.96 Å². The Kier molecular flexibility index (Phi) is 9.17. The topological polar surface area (TPSA) is 104 Å². The van der Waals surface area contributed by atoms with Crippen LogP contribution in [0.2, 0.25) is 0 Å². The maximum absolute atomic E-state index is 11.8. The third-order valence-corrected chi connectivity index (χ3v) is 2.33. The number of hydrogen-bond donors (Lipinski definition) is 4. The van der Waals surface area contributed by atoms with Gasteiger partial charge in [0, 0.05) is 25.2 Å². The summed E-state index contributed by atoms with van der Waals surface area (Å²) in [6.45, 7) is 14.7. The van der Waals surface area contributed by atoms with E-state index in [1.165, 1.54) is 0 Å². The highest BCUT2D eigenvalue weighted by Crippen LogP contribution is 2.05. The van der Waals surface area contributed by atoms with Gasteiger partial charge in [-0.05, 0) is 48.5 Å². The number of hydrogen-bond acceptors (Lipinski definition) is 4. The molecule has 0 fully saturated rings. The summed E-state index contributed by atoms with van der Waals surface area (Å²) in [5.74, 6) is 0.374. The van der Waals surface area contributed by atoms with E-state index in [1.54, 1.807) is 0 Å². The first-order valence-electron chi connectivity index (χ1n) is 8.23. The van der Waals surface area contributed by atoms with Gasteiger partial charge in [-0.1, -0.05) is 0 Å². The first kappa shape index (κ1) is 22.0. The standard InChI is InChI=1S/C16H33N5O3/c1-8-17-13(20-11-12(22)21-15(2,3)4)18-9-10-19-14(23)24-16(5,6)7/h8-11H2,1-7H3,(H,19,23)(H,21,22)(H2,17,18,20). The van der Waals surface area contributed by atoms with E-state index in [1.807, 2.05) is 48.5 Å². The molecule has 140 valence electrons. The zero-order valence-electron chi connectivity index (χ0n) is 16.0. The van der Waals surface area contributed by atoms with E-state index in [-0.39, 0.29) is 18.0 Å². The Bertz CT molecular complexity index is 436. The zero-order valence-corrected chi connectivity index (χ0v) is 16.0. The molecule has 0 saturated carbocycles. The summed E-state index contributed by atoms with van der Waals surface area (Å²) in [5.41, 5.74) is -0.802. The van der Waals surface area contributed by atoms with Crippen molar-refractivity contribution in [2.45, 2.75) is 59.6 Å². The molecule has 0 aromatic rings. The minimum Gasteiger partial charge on any atom is -0.444 e. The molecule has 0 aromatic carbocycles. The largest absolute Gasteiger partial charge is 0.444 e. The number of amides is 2. The minimum absolute atomic E-state index is 0.0338. The number of carbonyl (C=O) groups is 2. The Hall–Kier alpha value is -1.99. The molecule has 8 heteroatoms. The van der Waals surface area contributed by atoms with E-state index in [0.717, 1.165) is 0 Å². The summed E-state index contributed by atoms with van der Waals surface area (Å²) < 4.78 is 5.14. The Morgan fingerprint density at radius 2 is 1.54 bits per heavy atom. The van der Waals surface area contributed by atoms with Crippen LogP contribution in [0.15, 0.2) is 4.99 Å². The number of alkyl carbamates (subject to hydrolysis) is 1. The van der Waals surface area contributed by atoms with Gasteiger partial charge in [0.25, 0.3) is 0 Å². The van der Waals surface area contributed by atoms with Crippen LogP contribution in [-0.2, 0) is 9.53 Å². The van der Waals surface area contributed by atoms with Gasteiger partial charge in [0.2, 0.25) is 5.91 Å². The molecular formula is C16H33N5O3. The van der Waals surface area contributed by atoms with Crippen LogP contribution >= 0.6 is 0 Å². The Morgan fingerprint density at radius 3 is 2.04 bits per heavy atom. The molecule has 0 bridgehead atoms. The summed E-state index contributed by atoms with van der Waals surface area (Å²) in [4.78, 5) is 27.5. The molecule has 0 unspecified atom stereocenters. The molecule has 0 spiro atoms. The average Bonchev–Trinajstić information content (AvgIpc) is 2.36. The maximum Gasteiger partial charge on any atom is 0.407 e. The Morgan fingerprint density at radius 1 is 0.958 bits per heavy atom. The number of nitrogens with one attached hydrogen (secondary N) is 4. The number of rotatable bonds is 6. The summed E-state index contributed by atoms with van der Waals surface area (Å²) >= 11 is 0. The Labute approximate surface area is 145 Å². The summed E-state index contributed by atoms with van der Waals surface area (Å²) in [7, 11) is 0. The Balaban J connectivity index is 4.22. The van der Waals surface area contributed by atoms with Crippen LogP contribution in [0.3, 0.4) is 0 Å². The molecular weight excluding hydrogens is 310 g/mol. The second kappa shape index (κ2) is 10.00. The molecule has 0 aromatic heterocycles. The van der Waals surface area contributed by atoms with Gasteiger partial charge in [-0.15, -0.1) is 0 Å². The van der Waals surface area contributed by atoms with Crippen LogP contribution < -0.4 is 21.3 Å². The summed E-state index contributed by atoms with van der Waals surface area (Å²) in [6, 6.07) is 0. The lowest BCUT2D eigenvalue weighted by atomic mass is 10.1. The van der Waals surface area contributed by atoms with Crippen molar-refractivity contribution in [1.29, 1.82) is 0 Å². The van der Waals surface area contributed by atoms with Crippen LogP contribution in [0.5, 0.6) is 0 Å². The monoisotopic (exact) mass is 343 g/mol. The van der Waals surface area contributed by atoms with Crippen LogP contribution in [0.4, 0.5) is 4.79 Å².